The molecule has 3 heterocycles. The average molecular weight is 440 g/mol. The molecule has 32 heavy (non-hydrogen) atoms. The van der Waals surface area contributed by atoms with Crippen LogP contribution in [0, 0.1) is 12.8 Å². The Hall–Kier alpha value is -3.82. The second kappa shape index (κ2) is 9.13. The van der Waals surface area contributed by atoms with Crippen LogP contribution in [0.25, 0.3) is 11.3 Å². The lowest BCUT2D eigenvalue weighted by molar-refractivity contribution is -0.121. The Labute approximate surface area is 184 Å². The topological polar surface area (TPSA) is 120 Å². The molecular formula is C22H24N4O6. The fourth-order valence-corrected chi connectivity index (χ4v) is 3.67. The van der Waals surface area contributed by atoms with Crippen molar-refractivity contribution in [1.82, 2.24) is 15.2 Å². The Morgan fingerprint density at radius 2 is 1.84 bits per heavy atom. The smallest absolute Gasteiger partial charge is 0.276 e. The Balaban J connectivity index is 1.39. The van der Waals surface area contributed by atoms with Crippen molar-refractivity contribution >= 4 is 17.6 Å². The zero-order valence-corrected chi connectivity index (χ0v) is 18.1. The highest BCUT2D eigenvalue weighted by atomic mass is 16.5. The number of hydrogen-bond acceptors (Lipinski definition) is 8. The molecule has 1 aliphatic rings. The normalized spacial score (nSPS) is 14.3. The first kappa shape index (κ1) is 21.4. The molecular weight excluding hydrogens is 416 g/mol. The molecule has 0 spiro atoms. The number of nitrogens with one attached hydrogen (secondary N) is 1. The molecule has 10 nitrogen and oxygen atoms in total. The molecule has 1 aliphatic heterocycles. The Kier molecular flexibility index (Phi) is 6.11. The van der Waals surface area contributed by atoms with E-state index in [1.807, 2.05) is 0 Å². The number of aryl methyl sites for hydroxylation is 1. The number of carbonyl (C=O) groups excluding carboxylic acids is 2. The van der Waals surface area contributed by atoms with Gasteiger partial charge in [0.05, 0.1) is 19.8 Å². The summed E-state index contributed by atoms with van der Waals surface area (Å²) in [7, 11) is 3.12. The van der Waals surface area contributed by atoms with Gasteiger partial charge in [-0.25, -0.2) is 0 Å². The highest BCUT2D eigenvalue weighted by Gasteiger charge is 2.30. The predicted octanol–water partition coefficient (Wildman–Crippen LogP) is 3.15. The van der Waals surface area contributed by atoms with Crippen LogP contribution in [-0.4, -0.2) is 54.3 Å². The molecule has 0 unspecified atom stereocenters. The van der Waals surface area contributed by atoms with Gasteiger partial charge >= 0.3 is 0 Å². The third-order valence-corrected chi connectivity index (χ3v) is 5.43. The number of rotatable bonds is 6. The zero-order chi connectivity index (χ0) is 22.7. The minimum atomic E-state index is -0.243. The molecule has 3 aromatic rings. The molecule has 0 radical (unpaired) electrons. The highest BCUT2D eigenvalue weighted by Crippen LogP contribution is 2.34. The minimum Gasteiger partial charge on any atom is -0.497 e. The second-order valence-electron chi connectivity index (χ2n) is 7.52. The van der Waals surface area contributed by atoms with Crippen LogP contribution in [0.4, 0.5) is 5.82 Å². The molecule has 0 atom stereocenters. The van der Waals surface area contributed by atoms with Gasteiger partial charge in [0.2, 0.25) is 5.91 Å². The maximum absolute atomic E-state index is 12.9. The molecule has 0 saturated carbocycles. The first-order valence-corrected chi connectivity index (χ1v) is 10.2. The number of likely N-dealkylation sites (tertiary alicyclic amines) is 1. The number of piperidine rings is 1. The van der Waals surface area contributed by atoms with Crippen molar-refractivity contribution in [3.8, 4) is 22.8 Å². The summed E-state index contributed by atoms with van der Waals surface area (Å²) in [5, 5.41) is 10.5. The van der Waals surface area contributed by atoms with Crippen molar-refractivity contribution in [3.05, 3.63) is 41.8 Å². The van der Waals surface area contributed by atoms with Crippen LogP contribution in [0.1, 0.15) is 29.1 Å². The van der Waals surface area contributed by atoms with E-state index >= 15 is 0 Å². The van der Waals surface area contributed by atoms with Crippen molar-refractivity contribution in [2.24, 2.45) is 5.92 Å². The van der Waals surface area contributed by atoms with Gasteiger partial charge in [-0.15, -0.1) is 0 Å². The van der Waals surface area contributed by atoms with Crippen LogP contribution in [0.2, 0.25) is 0 Å². The summed E-state index contributed by atoms with van der Waals surface area (Å²) in [6.45, 7) is 2.64. The standard InChI is InChI=1S/C22H24N4O6/c1-13-10-20(25-31-13)23-21(27)14-6-8-26(9-7-14)22(28)17-12-19(32-24-17)16-11-15(29-2)4-5-18(16)30-3/h4-5,10-12,14H,6-9H2,1-3H3,(H,23,25,27). The SMILES string of the molecule is COc1ccc(OC)c(-c2cc(C(=O)N3CCC(C(=O)Nc4cc(C)on4)CC3)no2)c1. The lowest BCUT2D eigenvalue weighted by Crippen LogP contribution is -2.41. The van der Waals surface area contributed by atoms with E-state index in [0.717, 1.165) is 0 Å². The molecule has 10 heteroatoms. The number of methoxy groups -OCH3 is 2. The van der Waals surface area contributed by atoms with E-state index in [-0.39, 0.29) is 23.4 Å². The van der Waals surface area contributed by atoms with Gasteiger partial charge in [0.25, 0.3) is 5.91 Å². The molecule has 0 aliphatic carbocycles. The molecule has 1 saturated heterocycles. The molecule has 4 rings (SSSR count). The maximum Gasteiger partial charge on any atom is 0.276 e. The largest absolute Gasteiger partial charge is 0.497 e. The third kappa shape index (κ3) is 4.43. The van der Waals surface area contributed by atoms with Crippen LogP contribution in [-0.2, 0) is 4.79 Å². The van der Waals surface area contributed by atoms with Gasteiger partial charge in [-0.05, 0) is 38.0 Å². The summed E-state index contributed by atoms with van der Waals surface area (Å²) in [6.07, 6.45) is 1.09. The third-order valence-electron chi connectivity index (χ3n) is 5.43. The van der Waals surface area contributed by atoms with Gasteiger partial charge in [0.15, 0.2) is 17.3 Å². The van der Waals surface area contributed by atoms with E-state index in [4.69, 9.17) is 18.5 Å². The van der Waals surface area contributed by atoms with Crippen molar-refractivity contribution in [1.29, 1.82) is 0 Å². The molecule has 1 fully saturated rings. The van der Waals surface area contributed by atoms with Crippen LogP contribution in [0.5, 0.6) is 11.5 Å². The van der Waals surface area contributed by atoms with E-state index < -0.39 is 0 Å². The number of hydrogen-bond donors (Lipinski definition) is 1. The van der Waals surface area contributed by atoms with Gasteiger partial charge in [-0.1, -0.05) is 10.3 Å². The fourth-order valence-electron chi connectivity index (χ4n) is 3.67. The summed E-state index contributed by atoms with van der Waals surface area (Å²) in [6, 6.07) is 8.54. The van der Waals surface area contributed by atoms with E-state index in [0.29, 0.717) is 60.3 Å². The number of ether oxygens (including phenoxy) is 2. The van der Waals surface area contributed by atoms with Crippen molar-refractivity contribution in [2.45, 2.75) is 19.8 Å². The summed E-state index contributed by atoms with van der Waals surface area (Å²) in [4.78, 5) is 27.0. The van der Waals surface area contributed by atoms with Crippen LogP contribution in [0.15, 0.2) is 39.4 Å². The van der Waals surface area contributed by atoms with E-state index in [1.165, 1.54) is 0 Å². The van der Waals surface area contributed by atoms with E-state index in [2.05, 4.69) is 15.6 Å². The molecule has 1 N–H and O–H groups in total. The van der Waals surface area contributed by atoms with E-state index in [1.54, 1.807) is 56.4 Å². The predicted molar refractivity (Wildman–Crippen MR) is 114 cm³/mol. The van der Waals surface area contributed by atoms with Crippen molar-refractivity contribution in [2.75, 3.05) is 32.6 Å². The zero-order valence-electron chi connectivity index (χ0n) is 18.1. The molecule has 168 valence electrons. The Morgan fingerprint density at radius 3 is 2.50 bits per heavy atom. The van der Waals surface area contributed by atoms with Crippen molar-refractivity contribution < 1.29 is 28.1 Å². The molecule has 0 bridgehead atoms. The molecule has 2 amide bonds. The van der Waals surface area contributed by atoms with Crippen LogP contribution >= 0.6 is 0 Å². The van der Waals surface area contributed by atoms with Gasteiger partial charge < -0.3 is 28.7 Å². The fraction of sp³-hybridized carbons (Fsp3) is 0.364. The number of benzene rings is 1. The summed E-state index contributed by atoms with van der Waals surface area (Å²) < 4.78 is 21.0. The molecule has 1 aromatic carbocycles. The average Bonchev–Trinajstić information content (AvgIpc) is 3.47. The number of aromatic nitrogens is 2. The Bertz CT molecular complexity index is 1110. The number of nitrogens with zero attached hydrogens (tertiary/aromatic N) is 3. The quantitative estimate of drug-likeness (QED) is 0.621. The van der Waals surface area contributed by atoms with Crippen molar-refractivity contribution in [3.63, 3.8) is 0 Å². The summed E-state index contributed by atoms with van der Waals surface area (Å²) in [5.74, 6) is 2.06. The second-order valence-corrected chi connectivity index (χ2v) is 7.52. The summed E-state index contributed by atoms with van der Waals surface area (Å²) >= 11 is 0. The van der Waals surface area contributed by atoms with Gasteiger partial charge in [-0.2, -0.15) is 0 Å². The minimum absolute atomic E-state index is 0.126. The van der Waals surface area contributed by atoms with Gasteiger partial charge in [0, 0.05) is 31.1 Å². The number of amides is 2. The van der Waals surface area contributed by atoms with Crippen LogP contribution in [0.3, 0.4) is 0 Å². The Morgan fingerprint density at radius 1 is 1.06 bits per heavy atom. The summed E-state index contributed by atoms with van der Waals surface area (Å²) in [5.41, 5.74) is 0.836. The first-order chi connectivity index (χ1) is 15.5. The number of carbonyl (C=O) groups is 2. The number of anilines is 1. The highest BCUT2D eigenvalue weighted by molar-refractivity contribution is 5.94. The first-order valence-electron chi connectivity index (χ1n) is 10.2. The lowest BCUT2D eigenvalue weighted by Gasteiger charge is -2.30. The van der Waals surface area contributed by atoms with Gasteiger partial charge in [0.1, 0.15) is 17.3 Å². The van der Waals surface area contributed by atoms with Crippen LogP contribution < -0.4 is 14.8 Å². The van der Waals surface area contributed by atoms with Gasteiger partial charge in [-0.3, -0.25) is 9.59 Å². The maximum atomic E-state index is 12.9. The lowest BCUT2D eigenvalue weighted by atomic mass is 9.95. The van der Waals surface area contributed by atoms with E-state index in [9.17, 15) is 9.59 Å². The monoisotopic (exact) mass is 440 g/mol. The molecule has 2 aromatic heterocycles.